The number of imidazole rings is 1. The summed E-state index contributed by atoms with van der Waals surface area (Å²) in [5.41, 5.74) is 1.72. The van der Waals surface area contributed by atoms with Gasteiger partial charge in [0.2, 0.25) is 0 Å². The lowest BCUT2D eigenvalue weighted by Crippen LogP contribution is -2.24. The van der Waals surface area contributed by atoms with Gasteiger partial charge in [0.25, 0.3) is 5.91 Å². The number of amides is 1. The van der Waals surface area contributed by atoms with Crippen LogP contribution in [0.25, 0.3) is 5.69 Å². The van der Waals surface area contributed by atoms with Crippen LogP contribution in [0.3, 0.4) is 0 Å². The molecule has 0 radical (unpaired) electrons. The van der Waals surface area contributed by atoms with E-state index in [1.54, 1.807) is 18.5 Å². The Kier molecular flexibility index (Phi) is 6.02. The highest BCUT2D eigenvalue weighted by atomic mass is 35.5. The second kappa shape index (κ2) is 8.17. The Labute approximate surface area is 175 Å². The first-order valence-corrected chi connectivity index (χ1v) is 9.54. The number of halogens is 4. The average Bonchev–Trinajstić information content (AvgIpc) is 3.27. The summed E-state index contributed by atoms with van der Waals surface area (Å²) < 4.78 is 41.6. The SMILES string of the molecule is Cc1cn(-c2cc(NC(=O)c3csc4c3CCNC4)cc(C(F)(F)F)c2)cn1.Cl. The normalized spacial score (nSPS) is 13.5. The largest absolute Gasteiger partial charge is 0.416 e. The first kappa shape index (κ1) is 21.4. The summed E-state index contributed by atoms with van der Waals surface area (Å²) in [5, 5.41) is 7.64. The van der Waals surface area contributed by atoms with Gasteiger partial charge in [0.05, 0.1) is 23.1 Å². The fourth-order valence-electron chi connectivity index (χ4n) is 3.21. The van der Waals surface area contributed by atoms with Gasteiger partial charge in [-0.3, -0.25) is 4.79 Å². The molecule has 1 aliphatic heterocycles. The van der Waals surface area contributed by atoms with Crippen molar-refractivity contribution in [3.63, 3.8) is 0 Å². The zero-order chi connectivity index (χ0) is 19.9. The van der Waals surface area contributed by atoms with Gasteiger partial charge in [0, 0.05) is 34.4 Å². The first-order valence-electron chi connectivity index (χ1n) is 8.66. The predicted octanol–water partition coefficient (Wildman–Crippen LogP) is 4.58. The van der Waals surface area contributed by atoms with E-state index in [1.807, 2.05) is 0 Å². The Morgan fingerprint density at radius 3 is 2.79 bits per heavy atom. The smallest absolute Gasteiger partial charge is 0.322 e. The zero-order valence-electron chi connectivity index (χ0n) is 15.3. The van der Waals surface area contributed by atoms with Crippen molar-refractivity contribution in [2.45, 2.75) is 26.1 Å². The summed E-state index contributed by atoms with van der Waals surface area (Å²) in [5.74, 6) is -0.397. The summed E-state index contributed by atoms with van der Waals surface area (Å²) in [6.07, 6.45) is -0.732. The molecular weight excluding hydrogens is 425 g/mol. The Bertz CT molecular complexity index is 1040. The van der Waals surface area contributed by atoms with E-state index in [9.17, 15) is 18.0 Å². The number of thiophene rings is 1. The van der Waals surface area contributed by atoms with Crippen molar-refractivity contribution in [3.8, 4) is 5.69 Å². The summed E-state index contributed by atoms with van der Waals surface area (Å²) in [4.78, 5) is 17.9. The van der Waals surface area contributed by atoms with E-state index in [1.165, 1.54) is 28.3 Å². The molecule has 0 unspecified atom stereocenters. The van der Waals surface area contributed by atoms with Gasteiger partial charge in [0.1, 0.15) is 0 Å². The number of carbonyl (C=O) groups is 1. The van der Waals surface area contributed by atoms with Crippen LogP contribution in [0, 0.1) is 6.92 Å². The molecular formula is C19H18ClF3N4OS. The number of carbonyl (C=O) groups excluding carboxylic acids is 1. The number of nitrogens with one attached hydrogen (secondary N) is 2. The Morgan fingerprint density at radius 1 is 1.31 bits per heavy atom. The van der Waals surface area contributed by atoms with Crippen LogP contribution >= 0.6 is 23.7 Å². The molecule has 1 amide bonds. The van der Waals surface area contributed by atoms with Crippen LogP contribution < -0.4 is 10.6 Å². The third kappa shape index (κ3) is 4.47. The van der Waals surface area contributed by atoms with E-state index in [0.29, 0.717) is 17.8 Å². The minimum absolute atomic E-state index is 0. The third-order valence-corrected chi connectivity index (χ3v) is 5.60. The van der Waals surface area contributed by atoms with Crippen LogP contribution in [0.5, 0.6) is 0 Å². The molecule has 29 heavy (non-hydrogen) atoms. The van der Waals surface area contributed by atoms with E-state index in [0.717, 1.165) is 35.5 Å². The van der Waals surface area contributed by atoms with Gasteiger partial charge in [0.15, 0.2) is 0 Å². The number of fused-ring (bicyclic) bond motifs is 1. The van der Waals surface area contributed by atoms with E-state index in [2.05, 4.69) is 15.6 Å². The van der Waals surface area contributed by atoms with Crippen molar-refractivity contribution < 1.29 is 18.0 Å². The van der Waals surface area contributed by atoms with Crippen LogP contribution in [0.2, 0.25) is 0 Å². The topological polar surface area (TPSA) is 59.0 Å². The minimum Gasteiger partial charge on any atom is -0.322 e. The molecule has 0 bridgehead atoms. The predicted molar refractivity (Wildman–Crippen MR) is 108 cm³/mol. The lowest BCUT2D eigenvalue weighted by molar-refractivity contribution is -0.137. The van der Waals surface area contributed by atoms with E-state index >= 15 is 0 Å². The molecule has 3 heterocycles. The molecule has 0 saturated heterocycles. The van der Waals surface area contributed by atoms with Gasteiger partial charge in [-0.2, -0.15) is 13.2 Å². The summed E-state index contributed by atoms with van der Waals surface area (Å²) in [6.45, 7) is 3.24. The monoisotopic (exact) mass is 442 g/mol. The maximum atomic E-state index is 13.4. The van der Waals surface area contributed by atoms with Crippen molar-refractivity contribution in [2.75, 3.05) is 11.9 Å². The molecule has 1 aromatic carbocycles. The van der Waals surface area contributed by atoms with Crippen molar-refractivity contribution in [2.24, 2.45) is 0 Å². The molecule has 0 spiro atoms. The maximum absolute atomic E-state index is 13.4. The molecule has 154 valence electrons. The van der Waals surface area contributed by atoms with Crippen LogP contribution in [-0.4, -0.2) is 22.0 Å². The molecule has 10 heteroatoms. The fourth-order valence-corrected chi connectivity index (χ4v) is 4.26. The van der Waals surface area contributed by atoms with Gasteiger partial charge in [-0.1, -0.05) is 0 Å². The second-order valence-corrected chi connectivity index (χ2v) is 7.58. The molecule has 2 aromatic heterocycles. The summed E-state index contributed by atoms with van der Waals surface area (Å²) in [7, 11) is 0. The molecule has 2 N–H and O–H groups in total. The Morgan fingerprint density at radius 2 is 2.10 bits per heavy atom. The molecule has 3 aromatic rings. The van der Waals surface area contributed by atoms with E-state index < -0.39 is 17.6 Å². The Balaban J connectivity index is 0.00000240. The molecule has 5 nitrogen and oxygen atoms in total. The van der Waals surface area contributed by atoms with Crippen LogP contribution in [-0.2, 0) is 19.1 Å². The molecule has 0 fully saturated rings. The second-order valence-electron chi connectivity index (χ2n) is 6.62. The van der Waals surface area contributed by atoms with Crippen molar-refractivity contribution >= 4 is 35.3 Å². The number of hydrogen-bond donors (Lipinski definition) is 2. The van der Waals surface area contributed by atoms with Gasteiger partial charge >= 0.3 is 6.18 Å². The van der Waals surface area contributed by atoms with Crippen LogP contribution in [0.4, 0.5) is 18.9 Å². The van der Waals surface area contributed by atoms with Gasteiger partial charge in [-0.15, -0.1) is 23.7 Å². The van der Waals surface area contributed by atoms with Crippen LogP contribution in [0.15, 0.2) is 36.1 Å². The van der Waals surface area contributed by atoms with Crippen molar-refractivity contribution in [3.05, 3.63) is 63.4 Å². The number of hydrogen-bond acceptors (Lipinski definition) is 4. The van der Waals surface area contributed by atoms with Gasteiger partial charge in [-0.05, 0) is 43.7 Å². The molecule has 4 rings (SSSR count). The highest BCUT2D eigenvalue weighted by Gasteiger charge is 2.32. The molecule has 0 aliphatic carbocycles. The number of anilines is 1. The number of aromatic nitrogens is 2. The lowest BCUT2D eigenvalue weighted by atomic mass is 10.0. The number of nitrogens with zero attached hydrogens (tertiary/aromatic N) is 2. The highest BCUT2D eigenvalue weighted by Crippen LogP contribution is 2.33. The van der Waals surface area contributed by atoms with Gasteiger partial charge < -0.3 is 15.2 Å². The quantitative estimate of drug-likeness (QED) is 0.624. The number of benzene rings is 1. The summed E-state index contributed by atoms with van der Waals surface area (Å²) in [6, 6.07) is 3.50. The highest BCUT2D eigenvalue weighted by molar-refractivity contribution is 7.10. The standard InChI is InChI=1S/C19H17F3N4OS.ClH/c1-11-8-26(10-24-11)14-5-12(19(20,21)22)4-13(6-14)25-18(27)16-9-28-17-7-23-3-2-15(16)17;/h4-6,8-10,23H,2-3,7H2,1H3,(H,25,27);1H. The zero-order valence-corrected chi connectivity index (χ0v) is 17.0. The Hall–Kier alpha value is -2.36. The number of rotatable bonds is 3. The van der Waals surface area contributed by atoms with Crippen molar-refractivity contribution in [1.82, 2.24) is 14.9 Å². The first-order chi connectivity index (χ1) is 13.3. The van der Waals surface area contributed by atoms with Crippen LogP contribution in [0.1, 0.15) is 32.1 Å². The fraction of sp³-hybridized carbons (Fsp3) is 0.263. The van der Waals surface area contributed by atoms with E-state index in [4.69, 9.17) is 0 Å². The molecule has 1 aliphatic rings. The van der Waals surface area contributed by atoms with Gasteiger partial charge in [-0.25, -0.2) is 4.98 Å². The lowest BCUT2D eigenvalue weighted by Gasteiger charge is -2.15. The average molecular weight is 443 g/mol. The van der Waals surface area contributed by atoms with Crippen molar-refractivity contribution in [1.29, 1.82) is 0 Å². The molecule has 0 saturated carbocycles. The van der Waals surface area contributed by atoms with E-state index in [-0.39, 0.29) is 23.8 Å². The maximum Gasteiger partial charge on any atom is 0.416 e. The number of aryl methyl sites for hydroxylation is 1. The number of alkyl halides is 3. The minimum atomic E-state index is -4.53. The third-order valence-electron chi connectivity index (χ3n) is 4.58. The molecule has 0 atom stereocenters. The summed E-state index contributed by atoms with van der Waals surface area (Å²) >= 11 is 1.49.